The van der Waals surface area contributed by atoms with Gasteiger partial charge in [-0.05, 0) is 48.0 Å². The molecule has 0 unspecified atom stereocenters. The van der Waals surface area contributed by atoms with Gasteiger partial charge in [0.2, 0.25) is 0 Å². The molecule has 0 atom stereocenters. The Kier molecular flexibility index (Phi) is 6.17. The molecule has 0 amide bonds. The zero-order chi connectivity index (χ0) is 20.8. The molecule has 4 rings (SSSR count). The lowest BCUT2D eigenvalue weighted by Crippen LogP contribution is -2.52. The number of aliphatic imine (C=N–C) groups is 1. The predicted octanol–water partition coefficient (Wildman–Crippen LogP) is 2.78. The molecule has 0 spiro atoms. The van der Waals surface area contributed by atoms with Crippen molar-refractivity contribution in [1.82, 2.24) is 20.0 Å². The zero-order valence-electron chi connectivity index (χ0n) is 17.5. The Hall–Kier alpha value is -3.48. The molecular weight excluding hydrogens is 376 g/mol. The van der Waals surface area contributed by atoms with E-state index in [-0.39, 0.29) is 0 Å². The number of hydrogen-bond acceptors (Lipinski definition) is 4. The highest BCUT2D eigenvalue weighted by atomic mass is 16.5. The number of nitrogens with one attached hydrogen (secondary N) is 1. The van der Waals surface area contributed by atoms with Gasteiger partial charge in [-0.25, -0.2) is 4.68 Å². The average molecular weight is 405 g/mol. The summed E-state index contributed by atoms with van der Waals surface area (Å²) in [5.41, 5.74) is 3.48. The maximum absolute atomic E-state index is 5.26. The normalized spacial score (nSPS) is 14.7. The van der Waals surface area contributed by atoms with Gasteiger partial charge in [0, 0.05) is 57.9 Å². The van der Waals surface area contributed by atoms with Crippen LogP contribution in [0.4, 0.5) is 5.69 Å². The van der Waals surface area contributed by atoms with E-state index in [1.165, 1.54) is 11.3 Å². The Morgan fingerprint density at radius 1 is 1.03 bits per heavy atom. The predicted molar refractivity (Wildman–Crippen MR) is 121 cm³/mol. The van der Waals surface area contributed by atoms with Crippen LogP contribution in [0.15, 0.2) is 72.0 Å². The van der Waals surface area contributed by atoms with Crippen molar-refractivity contribution >= 4 is 11.6 Å². The van der Waals surface area contributed by atoms with Gasteiger partial charge in [-0.3, -0.25) is 4.99 Å². The lowest BCUT2D eigenvalue weighted by molar-refractivity contribution is 0.372. The van der Waals surface area contributed by atoms with Crippen LogP contribution in [0.25, 0.3) is 5.69 Å². The highest BCUT2D eigenvalue weighted by Crippen LogP contribution is 2.20. The number of nitrogens with zero attached hydrogens (tertiary/aromatic N) is 5. The Balaban J connectivity index is 1.32. The second-order valence-electron chi connectivity index (χ2n) is 7.19. The molecule has 7 heteroatoms. The Labute approximate surface area is 177 Å². The minimum atomic E-state index is 0.723. The van der Waals surface area contributed by atoms with Crippen molar-refractivity contribution in [1.29, 1.82) is 0 Å². The van der Waals surface area contributed by atoms with Gasteiger partial charge in [-0.2, -0.15) is 5.10 Å². The lowest BCUT2D eigenvalue weighted by Gasteiger charge is -2.37. The first-order valence-corrected chi connectivity index (χ1v) is 10.2. The van der Waals surface area contributed by atoms with E-state index in [2.05, 4.69) is 61.6 Å². The topological polar surface area (TPSA) is 57.9 Å². The van der Waals surface area contributed by atoms with Crippen LogP contribution < -0.4 is 15.0 Å². The van der Waals surface area contributed by atoms with Gasteiger partial charge in [0.15, 0.2) is 5.96 Å². The molecule has 0 aliphatic carbocycles. The zero-order valence-corrected chi connectivity index (χ0v) is 17.5. The summed E-state index contributed by atoms with van der Waals surface area (Å²) >= 11 is 0. The fourth-order valence-electron chi connectivity index (χ4n) is 3.71. The van der Waals surface area contributed by atoms with Crippen LogP contribution in [0.5, 0.6) is 5.75 Å². The quantitative estimate of drug-likeness (QED) is 0.524. The summed E-state index contributed by atoms with van der Waals surface area (Å²) in [5.74, 6) is 1.83. The minimum absolute atomic E-state index is 0.723. The molecule has 2 heterocycles. The van der Waals surface area contributed by atoms with Gasteiger partial charge in [-0.15, -0.1) is 0 Å². The van der Waals surface area contributed by atoms with Crippen LogP contribution in [0.1, 0.15) is 5.56 Å². The second-order valence-corrected chi connectivity index (χ2v) is 7.19. The number of guanidine groups is 1. The van der Waals surface area contributed by atoms with Gasteiger partial charge >= 0.3 is 0 Å². The molecule has 0 saturated carbocycles. The first-order chi connectivity index (χ1) is 14.8. The number of piperazine rings is 1. The smallest absolute Gasteiger partial charge is 0.194 e. The van der Waals surface area contributed by atoms with E-state index in [9.17, 15) is 0 Å². The van der Waals surface area contributed by atoms with Crippen molar-refractivity contribution in [3.05, 3.63) is 72.6 Å². The van der Waals surface area contributed by atoms with E-state index in [1.807, 2.05) is 36.1 Å². The van der Waals surface area contributed by atoms with Crippen LogP contribution in [0.3, 0.4) is 0 Å². The van der Waals surface area contributed by atoms with Crippen molar-refractivity contribution in [2.45, 2.75) is 6.54 Å². The van der Waals surface area contributed by atoms with Crippen LogP contribution in [0.2, 0.25) is 0 Å². The number of aromatic nitrogens is 2. The molecule has 2 aromatic carbocycles. The van der Waals surface area contributed by atoms with Crippen molar-refractivity contribution in [2.24, 2.45) is 4.99 Å². The molecule has 3 aromatic rings. The first kappa shape index (κ1) is 19.8. The van der Waals surface area contributed by atoms with Crippen molar-refractivity contribution < 1.29 is 4.74 Å². The van der Waals surface area contributed by atoms with Crippen LogP contribution in [-0.4, -0.2) is 61.0 Å². The Morgan fingerprint density at radius 3 is 2.50 bits per heavy atom. The van der Waals surface area contributed by atoms with E-state index in [4.69, 9.17) is 4.74 Å². The molecule has 0 bridgehead atoms. The number of anilines is 1. The number of methoxy groups -OCH3 is 1. The van der Waals surface area contributed by atoms with E-state index < -0.39 is 0 Å². The highest BCUT2D eigenvalue weighted by Gasteiger charge is 2.19. The lowest BCUT2D eigenvalue weighted by atomic mass is 10.2. The molecule has 156 valence electrons. The fraction of sp³-hybridized carbons (Fsp3) is 0.304. The molecule has 0 radical (unpaired) electrons. The summed E-state index contributed by atoms with van der Waals surface area (Å²) in [5, 5.41) is 7.82. The van der Waals surface area contributed by atoms with E-state index in [1.54, 1.807) is 13.3 Å². The van der Waals surface area contributed by atoms with Crippen molar-refractivity contribution in [2.75, 3.05) is 45.2 Å². The Morgan fingerprint density at radius 2 is 1.83 bits per heavy atom. The number of hydrogen-bond donors (Lipinski definition) is 1. The average Bonchev–Trinajstić information content (AvgIpc) is 3.35. The fourth-order valence-corrected chi connectivity index (χ4v) is 3.71. The molecule has 1 aliphatic heterocycles. The standard InChI is InChI=1S/C23H28N6O/c1-24-23(25-18-19-5-3-6-21(17-19)29-12-4-11-26-29)28-15-13-27(14-16-28)20-7-9-22(30-2)10-8-20/h3-12,17H,13-16,18H2,1-2H3,(H,24,25). The van der Waals surface area contributed by atoms with Crippen molar-refractivity contribution in [3.63, 3.8) is 0 Å². The van der Waals surface area contributed by atoms with E-state index in [0.29, 0.717) is 0 Å². The van der Waals surface area contributed by atoms with E-state index >= 15 is 0 Å². The summed E-state index contributed by atoms with van der Waals surface area (Å²) in [6.45, 7) is 4.50. The first-order valence-electron chi connectivity index (χ1n) is 10.2. The van der Waals surface area contributed by atoms with Gasteiger partial charge in [0.25, 0.3) is 0 Å². The maximum atomic E-state index is 5.26. The summed E-state index contributed by atoms with van der Waals surface area (Å²) in [4.78, 5) is 9.21. The van der Waals surface area contributed by atoms with Crippen molar-refractivity contribution in [3.8, 4) is 11.4 Å². The van der Waals surface area contributed by atoms with E-state index in [0.717, 1.165) is 50.1 Å². The minimum Gasteiger partial charge on any atom is -0.497 e. The van der Waals surface area contributed by atoms with Gasteiger partial charge in [0.05, 0.1) is 12.8 Å². The second kappa shape index (κ2) is 9.35. The summed E-state index contributed by atoms with van der Waals surface area (Å²) < 4.78 is 7.13. The SMILES string of the molecule is CN=C(NCc1cccc(-n2cccn2)c1)N1CCN(c2ccc(OC)cc2)CC1. The summed E-state index contributed by atoms with van der Waals surface area (Å²) in [6.07, 6.45) is 3.74. The number of rotatable bonds is 5. The third-order valence-electron chi connectivity index (χ3n) is 5.36. The summed E-state index contributed by atoms with van der Waals surface area (Å²) in [7, 11) is 3.54. The van der Waals surface area contributed by atoms with Gasteiger partial charge < -0.3 is 19.9 Å². The molecule has 1 N–H and O–H groups in total. The van der Waals surface area contributed by atoms with Crippen LogP contribution >= 0.6 is 0 Å². The molecule has 1 aromatic heterocycles. The largest absolute Gasteiger partial charge is 0.497 e. The molecular formula is C23H28N6O. The molecule has 1 aliphatic rings. The number of ether oxygens (including phenoxy) is 1. The van der Waals surface area contributed by atoms with Crippen LogP contribution in [-0.2, 0) is 6.54 Å². The molecule has 1 saturated heterocycles. The molecule has 1 fully saturated rings. The van der Waals surface area contributed by atoms with Crippen LogP contribution in [0, 0.1) is 0 Å². The maximum Gasteiger partial charge on any atom is 0.194 e. The summed E-state index contributed by atoms with van der Waals surface area (Å²) in [6, 6.07) is 18.6. The third kappa shape index (κ3) is 4.56. The third-order valence-corrected chi connectivity index (χ3v) is 5.36. The van der Waals surface area contributed by atoms with Gasteiger partial charge in [-0.1, -0.05) is 12.1 Å². The monoisotopic (exact) mass is 404 g/mol. The molecule has 7 nitrogen and oxygen atoms in total. The Bertz CT molecular complexity index is 960. The number of benzene rings is 2. The highest BCUT2D eigenvalue weighted by molar-refractivity contribution is 5.80. The molecule has 30 heavy (non-hydrogen) atoms. The van der Waals surface area contributed by atoms with Gasteiger partial charge in [0.1, 0.15) is 5.75 Å².